The van der Waals surface area contributed by atoms with Crippen LogP contribution >= 0.6 is 11.3 Å². The minimum Gasteiger partial charge on any atom is -0.352 e. The number of benzene rings is 1. The molecule has 2 aromatic heterocycles. The molecule has 33 heavy (non-hydrogen) atoms. The van der Waals surface area contributed by atoms with Crippen LogP contribution in [0.3, 0.4) is 0 Å². The number of nitrogens with zero attached hydrogens (tertiary/aromatic N) is 4. The highest BCUT2D eigenvalue weighted by Crippen LogP contribution is 2.34. The molecule has 3 aromatic rings. The molecule has 0 bridgehead atoms. The van der Waals surface area contributed by atoms with Crippen LogP contribution in [0.25, 0.3) is 10.4 Å². The number of halogens is 1. The fourth-order valence-electron chi connectivity index (χ4n) is 4.47. The molecular formula is C25H30FN5OS. The maximum absolute atomic E-state index is 13.8. The number of carbonyl (C=O) groups is 1. The molecule has 8 heteroatoms. The van der Waals surface area contributed by atoms with Gasteiger partial charge in [-0.25, -0.2) is 19.3 Å². The van der Waals surface area contributed by atoms with E-state index in [0.29, 0.717) is 30.6 Å². The lowest BCUT2D eigenvalue weighted by atomic mass is 9.86. The maximum Gasteiger partial charge on any atom is 0.274 e. The van der Waals surface area contributed by atoms with Crippen molar-refractivity contribution < 1.29 is 9.18 Å². The standard InChI is InChI=1S/C25H30FN5OS/c1-4-17-13-27-25(28-14-17)29-15-21-18(5-2)7-6-12-31(21)24(32)22-23(33-16(3)30-22)19-8-10-20(26)11-9-19/h8-11,13-14,18,21H,4-7,12,15H2,1-3H3,(H,27,28,29)/t18-,21-/m1/s1. The number of aryl methyl sites for hydroxylation is 2. The van der Waals surface area contributed by atoms with E-state index in [1.165, 1.54) is 23.5 Å². The minimum atomic E-state index is -0.296. The fourth-order valence-corrected chi connectivity index (χ4v) is 5.39. The van der Waals surface area contributed by atoms with Crippen LogP contribution in [0.15, 0.2) is 36.7 Å². The van der Waals surface area contributed by atoms with Gasteiger partial charge in [0.05, 0.1) is 15.9 Å². The minimum absolute atomic E-state index is 0.0220. The summed E-state index contributed by atoms with van der Waals surface area (Å²) in [6, 6.07) is 6.28. The average Bonchev–Trinajstić information content (AvgIpc) is 3.24. The quantitative estimate of drug-likeness (QED) is 0.507. The zero-order chi connectivity index (χ0) is 23.4. The molecule has 6 nitrogen and oxygen atoms in total. The van der Waals surface area contributed by atoms with Crippen molar-refractivity contribution in [3.8, 4) is 10.4 Å². The van der Waals surface area contributed by atoms with Crippen molar-refractivity contribution in [1.82, 2.24) is 19.9 Å². The summed E-state index contributed by atoms with van der Waals surface area (Å²) in [5.74, 6) is 0.608. The molecule has 0 spiro atoms. The van der Waals surface area contributed by atoms with Crippen LogP contribution in [0.1, 0.15) is 54.2 Å². The van der Waals surface area contributed by atoms with Crippen LogP contribution in [0, 0.1) is 18.7 Å². The summed E-state index contributed by atoms with van der Waals surface area (Å²) in [4.78, 5) is 30.0. The van der Waals surface area contributed by atoms with Gasteiger partial charge in [0.1, 0.15) is 11.5 Å². The first-order valence-electron chi connectivity index (χ1n) is 11.6. The molecule has 0 unspecified atom stereocenters. The van der Waals surface area contributed by atoms with Gasteiger partial charge in [-0.1, -0.05) is 32.4 Å². The summed E-state index contributed by atoms with van der Waals surface area (Å²) in [5.41, 5.74) is 2.36. The van der Waals surface area contributed by atoms with Gasteiger partial charge in [0.2, 0.25) is 5.95 Å². The molecule has 2 atom stereocenters. The summed E-state index contributed by atoms with van der Waals surface area (Å²) in [6.45, 7) is 7.43. The van der Waals surface area contributed by atoms with E-state index in [9.17, 15) is 9.18 Å². The van der Waals surface area contributed by atoms with Crippen molar-refractivity contribution in [2.24, 2.45) is 5.92 Å². The third kappa shape index (κ3) is 5.21. The molecule has 4 rings (SSSR count). The van der Waals surface area contributed by atoms with E-state index in [1.54, 1.807) is 12.1 Å². The highest BCUT2D eigenvalue weighted by Gasteiger charge is 2.35. The van der Waals surface area contributed by atoms with E-state index < -0.39 is 0 Å². The zero-order valence-electron chi connectivity index (χ0n) is 19.3. The van der Waals surface area contributed by atoms with Crippen LogP contribution in [0.5, 0.6) is 0 Å². The number of amides is 1. The van der Waals surface area contributed by atoms with E-state index in [0.717, 1.165) is 46.7 Å². The molecule has 1 N–H and O–H groups in total. The largest absolute Gasteiger partial charge is 0.352 e. The van der Waals surface area contributed by atoms with Crippen molar-refractivity contribution in [3.63, 3.8) is 0 Å². The molecule has 1 saturated heterocycles. The summed E-state index contributed by atoms with van der Waals surface area (Å²) >= 11 is 1.47. The molecule has 1 aliphatic rings. The number of likely N-dealkylation sites (tertiary alicyclic amines) is 1. The first kappa shape index (κ1) is 23.3. The topological polar surface area (TPSA) is 71.0 Å². The van der Waals surface area contributed by atoms with E-state index in [1.807, 2.05) is 24.2 Å². The molecule has 0 radical (unpaired) electrons. The van der Waals surface area contributed by atoms with Crippen molar-refractivity contribution in [2.45, 2.75) is 52.5 Å². The van der Waals surface area contributed by atoms with Crippen LogP contribution in [-0.4, -0.2) is 44.9 Å². The molecular weight excluding hydrogens is 437 g/mol. The van der Waals surface area contributed by atoms with Crippen LogP contribution < -0.4 is 5.32 Å². The van der Waals surface area contributed by atoms with Gasteiger partial charge in [-0.3, -0.25) is 4.79 Å². The fraction of sp³-hybridized carbons (Fsp3) is 0.440. The second kappa shape index (κ2) is 10.4. The SMILES string of the molecule is CCc1cnc(NC[C@@H]2[C@H](CC)CCCN2C(=O)c2nc(C)sc2-c2ccc(F)cc2)nc1. The number of carbonyl (C=O) groups excluding carboxylic acids is 1. The summed E-state index contributed by atoms with van der Waals surface area (Å²) in [7, 11) is 0. The van der Waals surface area contributed by atoms with Crippen LogP contribution in [-0.2, 0) is 6.42 Å². The van der Waals surface area contributed by atoms with Gasteiger partial charge in [0.15, 0.2) is 0 Å². The van der Waals surface area contributed by atoms with Crippen molar-refractivity contribution in [1.29, 1.82) is 0 Å². The Kier molecular flexibility index (Phi) is 7.33. The van der Waals surface area contributed by atoms with Crippen molar-refractivity contribution >= 4 is 23.2 Å². The molecule has 1 amide bonds. The lowest BCUT2D eigenvalue weighted by Crippen LogP contribution is -2.51. The van der Waals surface area contributed by atoms with Gasteiger partial charge in [-0.05, 0) is 55.4 Å². The van der Waals surface area contributed by atoms with Crippen LogP contribution in [0.2, 0.25) is 0 Å². The first-order valence-corrected chi connectivity index (χ1v) is 12.4. The molecule has 1 aromatic carbocycles. The number of nitrogens with one attached hydrogen (secondary N) is 1. The van der Waals surface area contributed by atoms with Crippen molar-refractivity contribution in [2.75, 3.05) is 18.4 Å². The molecule has 0 aliphatic carbocycles. The molecule has 3 heterocycles. The Morgan fingerprint density at radius 3 is 2.61 bits per heavy atom. The predicted octanol–water partition coefficient (Wildman–Crippen LogP) is 5.35. The Morgan fingerprint density at radius 2 is 1.94 bits per heavy atom. The van der Waals surface area contributed by atoms with Gasteiger partial charge in [-0.2, -0.15) is 0 Å². The van der Waals surface area contributed by atoms with E-state index >= 15 is 0 Å². The van der Waals surface area contributed by atoms with Crippen LogP contribution in [0.4, 0.5) is 10.3 Å². The number of rotatable bonds is 7. The molecule has 1 fully saturated rings. The number of anilines is 1. The number of thiazole rings is 1. The van der Waals surface area contributed by atoms with Gasteiger partial charge >= 0.3 is 0 Å². The van der Waals surface area contributed by atoms with Gasteiger partial charge < -0.3 is 10.2 Å². The Hall–Kier alpha value is -2.87. The molecule has 1 aliphatic heterocycles. The smallest absolute Gasteiger partial charge is 0.274 e. The zero-order valence-corrected chi connectivity index (χ0v) is 20.2. The summed E-state index contributed by atoms with van der Waals surface area (Å²) in [6.07, 6.45) is 7.62. The lowest BCUT2D eigenvalue weighted by molar-refractivity contribution is 0.0509. The Morgan fingerprint density at radius 1 is 1.21 bits per heavy atom. The average molecular weight is 468 g/mol. The third-order valence-electron chi connectivity index (χ3n) is 6.33. The highest BCUT2D eigenvalue weighted by atomic mass is 32.1. The summed E-state index contributed by atoms with van der Waals surface area (Å²) in [5, 5.41) is 4.17. The Balaban J connectivity index is 1.58. The lowest BCUT2D eigenvalue weighted by Gasteiger charge is -2.41. The Bertz CT molecular complexity index is 1080. The monoisotopic (exact) mass is 467 g/mol. The van der Waals surface area contributed by atoms with Crippen molar-refractivity contribution in [3.05, 3.63) is 58.7 Å². The number of aromatic nitrogens is 3. The molecule has 174 valence electrons. The van der Waals surface area contributed by atoms with Gasteiger partial charge in [-0.15, -0.1) is 11.3 Å². The van der Waals surface area contributed by atoms with Gasteiger partial charge in [0, 0.05) is 25.5 Å². The van der Waals surface area contributed by atoms with Gasteiger partial charge in [0.25, 0.3) is 5.91 Å². The number of hydrogen-bond donors (Lipinski definition) is 1. The first-order chi connectivity index (χ1) is 16.0. The predicted molar refractivity (Wildman–Crippen MR) is 130 cm³/mol. The van der Waals surface area contributed by atoms with E-state index in [4.69, 9.17) is 0 Å². The normalized spacial score (nSPS) is 18.4. The van der Waals surface area contributed by atoms with E-state index in [-0.39, 0.29) is 17.8 Å². The third-order valence-corrected chi connectivity index (χ3v) is 7.35. The second-order valence-corrected chi connectivity index (χ2v) is 9.65. The number of piperidine rings is 1. The highest BCUT2D eigenvalue weighted by molar-refractivity contribution is 7.15. The number of hydrogen-bond acceptors (Lipinski definition) is 6. The Labute approximate surface area is 198 Å². The van der Waals surface area contributed by atoms with E-state index in [2.05, 4.69) is 34.1 Å². The maximum atomic E-state index is 13.8. The second-order valence-electron chi connectivity index (χ2n) is 8.44. The molecule has 0 saturated carbocycles. The summed E-state index contributed by atoms with van der Waals surface area (Å²) < 4.78 is 13.5.